The Hall–Kier alpha value is -5.18. The van der Waals surface area contributed by atoms with Gasteiger partial charge in [0.2, 0.25) is 11.8 Å². The first kappa shape index (κ1) is 29.5. The number of aryl methyl sites for hydroxylation is 1. The van der Waals surface area contributed by atoms with Crippen molar-refractivity contribution in [2.24, 2.45) is 0 Å². The van der Waals surface area contributed by atoms with E-state index >= 15 is 0 Å². The summed E-state index contributed by atoms with van der Waals surface area (Å²) in [6, 6.07) is 28.5. The molecule has 46 heavy (non-hydrogen) atoms. The standard InChI is InChI=1S/C37H38N6O3/c1-3-41-32-15-9-7-13-29(32)30-23-27(19-22-33(30)41)43(35(44)24-42-34-16-10-8-14-31(34)39-40-42)36(25-17-20-28(46-2)21-18-25)37(45)38-26-11-5-4-6-12-26/h7-10,13-23,26,36H,3-6,11-12,24H2,1-2H3,(H,38,45)/t36-/m0/s1. The zero-order valence-electron chi connectivity index (χ0n) is 26.2. The third-order valence-electron chi connectivity index (χ3n) is 9.21. The number of hydrogen-bond acceptors (Lipinski definition) is 5. The number of aromatic nitrogens is 4. The molecule has 1 saturated carbocycles. The van der Waals surface area contributed by atoms with Crippen molar-refractivity contribution < 1.29 is 14.3 Å². The van der Waals surface area contributed by atoms with Crippen molar-refractivity contribution in [1.29, 1.82) is 0 Å². The van der Waals surface area contributed by atoms with E-state index < -0.39 is 6.04 Å². The lowest BCUT2D eigenvalue weighted by atomic mass is 9.94. The van der Waals surface area contributed by atoms with Crippen molar-refractivity contribution in [2.75, 3.05) is 12.0 Å². The second-order valence-corrected chi connectivity index (χ2v) is 12.0. The van der Waals surface area contributed by atoms with E-state index in [4.69, 9.17) is 4.74 Å². The third-order valence-corrected chi connectivity index (χ3v) is 9.21. The normalized spacial score (nSPS) is 14.5. The molecule has 2 aromatic heterocycles. The van der Waals surface area contributed by atoms with Crippen LogP contribution in [0.15, 0.2) is 91.0 Å². The highest BCUT2D eigenvalue weighted by molar-refractivity contribution is 6.11. The first-order valence-electron chi connectivity index (χ1n) is 16.1. The molecule has 1 N–H and O–H groups in total. The summed E-state index contributed by atoms with van der Waals surface area (Å²) in [4.78, 5) is 30.8. The van der Waals surface area contributed by atoms with Crippen LogP contribution in [0.1, 0.15) is 50.6 Å². The quantitative estimate of drug-likeness (QED) is 0.194. The highest BCUT2D eigenvalue weighted by Crippen LogP contribution is 2.36. The highest BCUT2D eigenvalue weighted by atomic mass is 16.5. The van der Waals surface area contributed by atoms with Gasteiger partial charge in [0.05, 0.1) is 12.6 Å². The molecular formula is C37H38N6O3. The van der Waals surface area contributed by atoms with Gasteiger partial charge in [-0.15, -0.1) is 5.10 Å². The number of amides is 2. The molecule has 1 fully saturated rings. The Kier molecular flexibility index (Phi) is 8.13. The maximum atomic E-state index is 14.7. The molecule has 6 aromatic rings. The molecule has 1 aliphatic rings. The number of anilines is 1. The Balaban J connectivity index is 1.38. The molecule has 7 rings (SSSR count). The number of fused-ring (bicyclic) bond motifs is 4. The van der Waals surface area contributed by atoms with Gasteiger partial charge in [-0.2, -0.15) is 0 Å². The molecular weight excluding hydrogens is 576 g/mol. The predicted octanol–water partition coefficient (Wildman–Crippen LogP) is 6.79. The summed E-state index contributed by atoms with van der Waals surface area (Å²) in [6.07, 6.45) is 5.21. The molecule has 234 valence electrons. The van der Waals surface area contributed by atoms with Gasteiger partial charge in [-0.25, -0.2) is 4.68 Å². The fraction of sp³-hybridized carbons (Fsp3) is 0.297. The van der Waals surface area contributed by atoms with Crippen molar-refractivity contribution in [3.05, 3.63) is 96.6 Å². The van der Waals surface area contributed by atoms with Crippen LogP contribution in [0.4, 0.5) is 5.69 Å². The monoisotopic (exact) mass is 614 g/mol. The molecule has 0 bridgehead atoms. The van der Waals surface area contributed by atoms with E-state index in [1.807, 2.05) is 72.8 Å². The van der Waals surface area contributed by atoms with Gasteiger partial charge in [-0.1, -0.05) is 66.9 Å². The Morgan fingerprint density at radius 1 is 0.891 bits per heavy atom. The number of nitrogens with one attached hydrogen (secondary N) is 1. The maximum Gasteiger partial charge on any atom is 0.249 e. The van der Waals surface area contributed by atoms with Crippen molar-refractivity contribution in [2.45, 2.75) is 64.2 Å². The minimum Gasteiger partial charge on any atom is -0.497 e. The Labute approximate surface area is 267 Å². The molecule has 0 radical (unpaired) electrons. The summed E-state index contributed by atoms with van der Waals surface area (Å²) in [5.41, 5.74) is 5.01. The molecule has 9 nitrogen and oxygen atoms in total. The Morgan fingerprint density at radius 3 is 2.37 bits per heavy atom. The van der Waals surface area contributed by atoms with Crippen LogP contribution in [0.5, 0.6) is 5.75 Å². The van der Waals surface area contributed by atoms with Gasteiger partial charge in [0, 0.05) is 40.1 Å². The minimum absolute atomic E-state index is 0.0724. The summed E-state index contributed by atoms with van der Waals surface area (Å²) in [6.45, 7) is 2.86. The van der Waals surface area contributed by atoms with Crippen LogP contribution in [0, 0.1) is 0 Å². The smallest absolute Gasteiger partial charge is 0.249 e. The zero-order chi connectivity index (χ0) is 31.6. The van der Waals surface area contributed by atoms with Crippen molar-refractivity contribution in [3.8, 4) is 5.75 Å². The van der Waals surface area contributed by atoms with E-state index in [9.17, 15) is 9.59 Å². The molecule has 0 aliphatic heterocycles. The Morgan fingerprint density at radius 2 is 1.61 bits per heavy atom. The molecule has 2 heterocycles. The van der Waals surface area contributed by atoms with Gasteiger partial charge in [-0.05, 0) is 73.9 Å². The average Bonchev–Trinajstić information content (AvgIpc) is 3.65. The number of carbonyl (C=O) groups is 2. The van der Waals surface area contributed by atoms with Gasteiger partial charge in [0.15, 0.2) is 0 Å². The summed E-state index contributed by atoms with van der Waals surface area (Å²) in [7, 11) is 1.61. The van der Waals surface area contributed by atoms with Crippen LogP contribution >= 0.6 is 0 Å². The topological polar surface area (TPSA) is 94.3 Å². The Bertz CT molecular complexity index is 2020. The summed E-state index contributed by atoms with van der Waals surface area (Å²) in [5.74, 6) is 0.203. The van der Waals surface area contributed by atoms with Crippen LogP contribution in [0.2, 0.25) is 0 Å². The molecule has 0 unspecified atom stereocenters. The number of methoxy groups -OCH3 is 1. The number of rotatable bonds is 9. The second-order valence-electron chi connectivity index (χ2n) is 12.0. The van der Waals surface area contributed by atoms with Crippen LogP contribution in [-0.4, -0.2) is 44.5 Å². The first-order valence-corrected chi connectivity index (χ1v) is 16.1. The minimum atomic E-state index is -0.924. The van der Waals surface area contributed by atoms with Gasteiger partial charge < -0.3 is 14.6 Å². The fourth-order valence-corrected chi connectivity index (χ4v) is 6.94. The number of hydrogen-bond donors (Lipinski definition) is 1. The third kappa shape index (κ3) is 5.46. The van der Waals surface area contributed by atoms with Crippen LogP contribution in [0.3, 0.4) is 0 Å². The lowest BCUT2D eigenvalue weighted by Gasteiger charge is -2.33. The number of nitrogens with zero attached hydrogens (tertiary/aromatic N) is 5. The average molecular weight is 615 g/mol. The van der Waals surface area contributed by atoms with Gasteiger partial charge in [0.1, 0.15) is 23.9 Å². The van der Waals surface area contributed by atoms with Crippen LogP contribution in [-0.2, 0) is 22.7 Å². The number of benzene rings is 4. The summed E-state index contributed by atoms with van der Waals surface area (Å²) >= 11 is 0. The lowest BCUT2D eigenvalue weighted by Crippen LogP contribution is -2.48. The first-order chi connectivity index (χ1) is 22.6. The van der Waals surface area contributed by atoms with Gasteiger partial charge >= 0.3 is 0 Å². The molecule has 1 atom stereocenters. The largest absolute Gasteiger partial charge is 0.497 e. The highest BCUT2D eigenvalue weighted by Gasteiger charge is 2.35. The molecule has 4 aromatic carbocycles. The van der Waals surface area contributed by atoms with Gasteiger partial charge in [0.25, 0.3) is 0 Å². The number of para-hydroxylation sites is 2. The maximum absolute atomic E-state index is 14.7. The SMILES string of the molecule is CCn1c2ccccc2c2cc(N(C(=O)Cn3nnc4ccccc43)[C@H](C(=O)NC3CCCCC3)c3ccc(OC)cc3)ccc21. The lowest BCUT2D eigenvalue weighted by molar-refractivity contribution is -0.127. The van der Waals surface area contributed by atoms with Crippen LogP contribution in [0.25, 0.3) is 32.8 Å². The van der Waals surface area contributed by atoms with Crippen molar-refractivity contribution in [1.82, 2.24) is 24.9 Å². The van der Waals surface area contributed by atoms with E-state index in [-0.39, 0.29) is 24.4 Å². The molecule has 0 saturated heterocycles. The van der Waals surface area contributed by atoms with Crippen molar-refractivity contribution >= 4 is 50.3 Å². The van der Waals surface area contributed by atoms with E-state index in [1.54, 1.807) is 16.7 Å². The molecule has 1 aliphatic carbocycles. The number of ether oxygens (including phenoxy) is 1. The second kappa shape index (κ2) is 12.7. The molecule has 2 amide bonds. The van der Waals surface area contributed by atoms with Crippen LogP contribution < -0.4 is 15.0 Å². The van der Waals surface area contributed by atoms with Gasteiger partial charge in [-0.3, -0.25) is 14.5 Å². The summed E-state index contributed by atoms with van der Waals surface area (Å²) in [5, 5.41) is 14.0. The molecule has 0 spiro atoms. The van der Waals surface area contributed by atoms with Crippen molar-refractivity contribution in [3.63, 3.8) is 0 Å². The van der Waals surface area contributed by atoms with E-state index in [0.29, 0.717) is 22.5 Å². The number of carbonyl (C=O) groups excluding carboxylic acids is 2. The van der Waals surface area contributed by atoms with E-state index in [0.717, 1.165) is 59.6 Å². The summed E-state index contributed by atoms with van der Waals surface area (Å²) < 4.78 is 9.32. The predicted molar refractivity (Wildman–Crippen MR) is 181 cm³/mol. The fourth-order valence-electron chi connectivity index (χ4n) is 6.94. The van der Waals surface area contributed by atoms with E-state index in [1.165, 1.54) is 6.42 Å². The molecule has 9 heteroatoms. The zero-order valence-corrected chi connectivity index (χ0v) is 26.2. The van der Waals surface area contributed by atoms with E-state index in [2.05, 4.69) is 45.3 Å².